The summed E-state index contributed by atoms with van der Waals surface area (Å²) in [5, 5.41) is 11.5. The number of hydrogen-bond donors (Lipinski definition) is 1. The quantitative estimate of drug-likeness (QED) is 0.890. The third kappa shape index (κ3) is 2.87. The van der Waals surface area contributed by atoms with E-state index >= 15 is 0 Å². The van der Waals surface area contributed by atoms with Crippen molar-refractivity contribution in [3.05, 3.63) is 27.7 Å². The molecule has 0 spiro atoms. The normalized spacial score (nSPS) is 25.6. The van der Waals surface area contributed by atoms with Gasteiger partial charge in [0.2, 0.25) is 5.82 Å². The maximum absolute atomic E-state index is 12.4. The molecule has 1 N–H and O–H groups in total. The van der Waals surface area contributed by atoms with Gasteiger partial charge < -0.3 is 9.88 Å². The highest BCUT2D eigenvalue weighted by atomic mass is 32.1. The molecular weight excluding hydrogens is 336 g/mol. The van der Waals surface area contributed by atoms with Crippen LogP contribution in [0.25, 0.3) is 0 Å². The Morgan fingerprint density at radius 2 is 2.12 bits per heavy atom. The number of thiazole rings is 1. The molecule has 0 unspecified atom stereocenters. The summed E-state index contributed by atoms with van der Waals surface area (Å²) in [4.78, 5) is 20.6. The summed E-state index contributed by atoms with van der Waals surface area (Å²) in [5.74, 6) is 2.60. The molecule has 0 radical (unpaired) electrons. The Kier molecular flexibility index (Phi) is 3.63. The van der Waals surface area contributed by atoms with Crippen molar-refractivity contribution in [3.8, 4) is 0 Å². The maximum atomic E-state index is 12.4. The molecule has 2 aliphatic heterocycles. The zero-order valence-corrected chi connectivity index (χ0v) is 15.1. The van der Waals surface area contributed by atoms with Gasteiger partial charge in [0, 0.05) is 43.5 Å². The third-order valence-electron chi connectivity index (χ3n) is 5.67. The number of amides is 1. The zero-order chi connectivity index (χ0) is 17.0. The van der Waals surface area contributed by atoms with Gasteiger partial charge in [0.25, 0.3) is 5.91 Å². The monoisotopic (exact) mass is 358 g/mol. The molecule has 2 aromatic heterocycles. The molecule has 0 aromatic carbocycles. The summed E-state index contributed by atoms with van der Waals surface area (Å²) < 4.78 is 2.06. The van der Waals surface area contributed by atoms with E-state index in [4.69, 9.17) is 0 Å². The van der Waals surface area contributed by atoms with E-state index in [2.05, 4.69) is 36.9 Å². The molecule has 1 saturated heterocycles. The Hall–Kier alpha value is -1.80. The van der Waals surface area contributed by atoms with E-state index in [0.29, 0.717) is 23.7 Å². The molecule has 1 aliphatic carbocycles. The number of aromatic nitrogens is 4. The van der Waals surface area contributed by atoms with E-state index < -0.39 is 0 Å². The molecule has 2 aromatic rings. The first-order valence-electron chi connectivity index (χ1n) is 9.01. The molecule has 5 rings (SSSR count). The van der Waals surface area contributed by atoms with E-state index in [9.17, 15) is 4.79 Å². The van der Waals surface area contributed by atoms with Gasteiger partial charge in [-0.25, -0.2) is 4.98 Å². The summed E-state index contributed by atoms with van der Waals surface area (Å²) in [6.07, 6.45) is 3.10. The largest absolute Gasteiger partial charge is 0.347 e. The van der Waals surface area contributed by atoms with E-state index in [1.54, 1.807) is 11.3 Å². The molecule has 132 valence electrons. The number of likely N-dealkylation sites (tertiary alicyclic amines) is 1. The average Bonchev–Trinajstić information content (AvgIpc) is 2.99. The van der Waals surface area contributed by atoms with Crippen molar-refractivity contribution in [2.45, 2.75) is 45.3 Å². The molecule has 7 nitrogen and oxygen atoms in total. The van der Waals surface area contributed by atoms with Gasteiger partial charge in [0.1, 0.15) is 5.82 Å². The van der Waals surface area contributed by atoms with Gasteiger partial charge in [-0.3, -0.25) is 9.69 Å². The predicted octanol–water partition coefficient (Wildman–Crippen LogP) is 1.24. The van der Waals surface area contributed by atoms with Gasteiger partial charge >= 0.3 is 0 Å². The van der Waals surface area contributed by atoms with Crippen LogP contribution in [0.1, 0.15) is 39.9 Å². The number of rotatable bonds is 4. The minimum atomic E-state index is -0.0603. The molecule has 8 heteroatoms. The minimum Gasteiger partial charge on any atom is -0.347 e. The third-order valence-corrected chi connectivity index (χ3v) is 6.59. The first kappa shape index (κ1) is 15.5. The standard InChI is InChI=1S/C17H22N6OS/c1-10-14(25-9-18-10)8-22-5-11-4-15-20-21-16(17(24)19-13-2-3-13)23(15)7-12(11)6-22/h9,11-13H,2-8H2,1H3,(H,19,24)/t11-,12+/m0/s1. The van der Waals surface area contributed by atoms with E-state index in [1.807, 2.05) is 5.51 Å². The number of nitrogens with one attached hydrogen (secondary N) is 1. The highest BCUT2D eigenvalue weighted by Crippen LogP contribution is 2.34. The lowest BCUT2D eigenvalue weighted by Crippen LogP contribution is -2.33. The van der Waals surface area contributed by atoms with Crippen LogP contribution in [0.15, 0.2) is 5.51 Å². The van der Waals surface area contributed by atoms with E-state index in [-0.39, 0.29) is 5.91 Å². The first-order chi connectivity index (χ1) is 12.2. The SMILES string of the molecule is Cc1ncsc1CN1C[C@@H]2Cn3c(nnc3C(=O)NC3CC3)C[C@H]2C1. The second-order valence-corrected chi connectivity index (χ2v) is 8.52. The van der Waals surface area contributed by atoms with Crippen LogP contribution in [0.4, 0.5) is 0 Å². The fraction of sp³-hybridized carbons (Fsp3) is 0.647. The molecule has 3 aliphatic rings. The van der Waals surface area contributed by atoms with Crippen LogP contribution in [-0.4, -0.2) is 49.7 Å². The van der Waals surface area contributed by atoms with Crippen molar-refractivity contribution in [3.63, 3.8) is 0 Å². The van der Waals surface area contributed by atoms with Crippen LogP contribution in [0.3, 0.4) is 0 Å². The fourth-order valence-electron chi connectivity index (χ4n) is 4.08. The minimum absolute atomic E-state index is 0.0603. The van der Waals surface area contributed by atoms with Gasteiger partial charge in [-0.2, -0.15) is 0 Å². The van der Waals surface area contributed by atoms with Gasteiger partial charge in [-0.15, -0.1) is 21.5 Å². The van der Waals surface area contributed by atoms with Crippen LogP contribution in [-0.2, 0) is 19.5 Å². The van der Waals surface area contributed by atoms with Crippen LogP contribution in [0.5, 0.6) is 0 Å². The summed E-state index contributed by atoms with van der Waals surface area (Å²) in [6.45, 7) is 6.10. The van der Waals surface area contributed by atoms with Crippen molar-refractivity contribution in [1.29, 1.82) is 0 Å². The Morgan fingerprint density at radius 1 is 1.28 bits per heavy atom. The second-order valence-electron chi connectivity index (χ2n) is 7.58. The van der Waals surface area contributed by atoms with Gasteiger partial charge in [-0.1, -0.05) is 0 Å². The predicted molar refractivity (Wildman–Crippen MR) is 93.3 cm³/mol. The van der Waals surface area contributed by atoms with E-state index in [1.165, 1.54) is 4.88 Å². The van der Waals surface area contributed by atoms with Gasteiger partial charge in [-0.05, 0) is 31.6 Å². The molecule has 25 heavy (non-hydrogen) atoms. The number of nitrogens with zero attached hydrogens (tertiary/aromatic N) is 5. The number of hydrogen-bond acceptors (Lipinski definition) is 6. The van der Waals surface area contributed by atoms with E-state index in [0.717, 1.165) is 57.0 Å². The first-order valence-corrected chi connectivity index (χ1v) is 9.89. The molecule has 4 heterocycles. The smallest absolute Gasteiger partial charge is 0.289 e. The molecule has 2 fully saturated rings. The van der Waals surface area contributed by atoms with Crippen molar-refractivity contribution < 1.29 is 4.79 Å². The Bertz CT molecular complexity index is 810. The van der Waals surface area contributed by atoms with Crippen LogP contribution in [0, 0.1) is 18.8 Å². The Morgan fingerprint density at radius 3 is 2.88 bits per heavy atom. The van der Waals surface area contributed by atoms with Crippen LogP contribution < -0.4 is 5.32 Å². The number of aryl methyl sites for hydroxylation is 1. The molecule has 1 saturated carbocycles. The highest BCUT2D eigenvalue weighted by Gasteiger charge is 2.39. The zero-order valence-electron chi connectivity index (χ0n) is 14.3. The molecule has 2 atom stereocenters. The van der Waals surface area contributed by atoms with Crippen molar-refractivity contribution in [1.82, 2.24) is 30.0 Å². The highest BCUT2D eigenvalue weighted by molar-refractivity contribution is 7.09. The lowest BCUT2D eigenvalue weighted by Gasteiger charge is -2.25. The number of fused-ring (bicyclic) bond motifs is 2. The van der Waals surface area contributed by atoms with Crippen LogP contribution >= 0.6 is 11.3 Å². The molecule has 0 bridgehead atoms. The average molecular weight is 358 g/mol. The van der Waals surface area contributed by atoms with Crippen LogP contribution in [0.2, 0.25) is 0 Å². The topological polar surface area (TPSA) is 75.9 Å². The lowest BCUT2D eigenvalue weighted by molar-refractivity contribution is 0.0932. The summed E-state index contributed by atoms with van der Waals surface area (Å²) in [6, 6.07) is 0.349. The van der Waals surface area contributed by atoms with Gasteiger partial charge in [0.05, 0.1) is 11.2 Å². The van der Waals surface area contributed by atoms with Crippen molar-refractivity contribution in [2.75, 3.05) is 13.1 Å². The summed E-state index contributed by atoms with van der Waals surface area (Å²) in [5.41, 5.74) is 3.08. The molecular formula is C17H22N6OS. The Labute approximate surface area is 150 Å². The number of carbonyl (C=O) groups is 1. The van der Waals surface area contributed by atoms with Crippen molar-refractivity contribution in [2.24, 2.45) is 11.8 Å². The van der Waals surface area contributed by atoms with Crippen molar-refractivity contribution >= 4 is 17.2 Å². The summed E-state index contributed by atoms with van der Waals surface area (Å²) in [7, 11) is 0. The maximum Gasteiger partial charge on any atom is 0.289 e. The number of carbonyl (C=O) groups excluding carboxylic acids is 1. The molecule has 1 amide bonds. The fourth-order valence-corrected chi connectivity index (χ4v) is 4.90. The lowest BCUT2D eigenvalue weighted by atomic mass is 9.89. The summed E-state index contributed by atoms with van der Waals surface area (Å²) >= 11 is 1.74. The van der Waals surface area contributed by atoms with Gasteiger partial charge in [0.15, 0.2) is 0 Å². The Balaban J connectivity index is 1.29. The second kappa shape index (κ2) is 5.88.